The van der Waals surface area contributed by atoms with Crippen LogP contribution >= 0.6 is 0 Å². The molecule has 0 unspecified atom stereocenters. The number of carboxylic acids is 1. The molecule has 0 fully saturated rings. The van der Waals surface area contributed by atoms with E-state index in [4.69, 9.17) is 5.11 Å². The fraction of sp³-hybridized carbons (Fsp3) is 0.250. The standard InChI is InChI=1S/C12H15N3O7S/c1-22-11(18)9(7-10(16)17)13-12(19)15-23(20,21)14-8-5-3-2-4-6-8/h2-6,9,14H,7H2,1H3,(H,16,17)(H2,13,15,19)/t9-/m0/s1. The van der Waals surface area contributed by atoms with Gasteiger partial charge in [0.2, 0.25) is 0 Å². The summed E-state index contributed by atoms with van der Waals surface area (Å²) in [6.07, 6.45) is -0.758. The Labute approximate surface area is 132 Å². The minimum atomic E-state index is -4.25. The topological polar surface area (TPSA) is 151 Å². The van der Waals surface area contributed by atoms with Crippen molar-refractivity contribution in [3.63, 3.8) is 0 Å². The van der Waals surface area contributed by atoms with Gasteiger partial charge < -0.3 is 15.2 Å². The fourth-order valence-corrected chi connectivity index (χ4v) is 2.31. The number of carbonyl (C=O) groups is 3. The Hall–Kier alpha value is -2.82. The number of carboxylic acid groups (broad SMARTS) is 1. The maximum Gasteiger partial charge on any atom is 0.330 e. The number of hydrogen-bond acceptors (Lipinski definition) is 6. The highest BCUT2D eigenvalue weighted by Gasteiger charge is 2.26. The number of amides is 2. The first-order chi connectivity index (χ1) is 10.7. The average Bonchev–Trinajstić information content (AvgIpc) is 2.45. The molecule has 1 aromatic rings. The summed E-state index contributed by atoms with van der Waals surface area (Å²) in [6, 6.07) is 4.95. The summed E-state index contributed by atoms with van der Waals surface area (Å²) in [5.74, 6) is -2.39. The molecule has 23 heavy (non-hydrogen) atoms. The van der Waals surface area contributed by atoms with E-state index >= 15 is 0 Å². The van der Waals surface area contributed by atoms with Crippen LogP contribution in [0.1, 0.15) is 6.42 Å². The van der Waals surface area contributed by atoms with E-state index in [-0.39, 0.29) is 5.69 Å². The number of urea groups is 1. The molecule has 1 aromatic carbocycles. The molecule has 10 nitrogen and oxygen atoms in total. The Morgan fingerprint density at radius 2 is 1.83 bits per heavy atom. The minimum Gasteiger partial charge on any atom is -0.481 e. The lowest BCUT2D eigenvalue weighted by Crippen LogP contribution is -2.50. The Balaban J connectivity index is 2.69. The number of carbonyl (C=O) groups excluding carboxylic acids is 2. The molecule has 4 N–H and O–H groups in total. The number of esters is 1. The lowest BCUT2D eigenvalue weighted by molar-refractivity contribution is -0.147. The number of ether oxygens (including phenoxy) is 1. The van der Waals surface area contributed by atoms with Gasteiger partial charge in [0.25, 0.3) is 0 Å². The van der Waals surface area contributed by atoms with E-state index in [9.17, 15) is 22.8 Å². The molecule has 0 aliphatic carbocycles. The molecule has 0 radical (unpaired) electrons. The van der Waals surface area contributed by atoms with Crippen molar-refractivity contribution in [3.8, 4) is 0 Å². The molecular formula is C12H15N3O7S. The van der Waals surface area contributed by atoms with E-state index in [0.717, 1.165) is 7.11 Å². The summed E-state index contributed by atoms with van der Waals surface area (Å²) in [5.41, 5.74) is 0.211. The molecule has 0 aliphatic heterocycles. The molecule has 0 saturated carbocycles. The largest absolute Gasteiger partial charge is 0.481 e. The molecule has 1 rings (SSSR count). The van der Waals surface area contributed by atoms with Crippen molar-refractivity contribution >= 4 is 33.9 Å². The van der Waals surface area contributed by atoms with Crippen LogP contribution in [0.5, 0.6) is 0 Å². The van der Waals surface area contributed by atoms with E-state index in [1.54, 1.807) is 22.9 Å². The van der Waals surface area contributed by atoms with Gasteiger partial charge in [-0.15, -0.1) is 0 Å². The van der Waals surface area contributed by atoms with E-state index in [1.807, 2.05) is 5.32 Å². The molecule has 0 heterocycles. The predicted molar refractivity (Wildman–Crippen MR) is 78.7 cm³/mol. The molecule has 0 aliphatic rings. The third-order valence-corrected chi connectivity index (χ3v) is 3.38. The van der Waals surface area contributed by atoms with Crippen molar-refractivity contribution < 1.29 is 32.6 Å². The van der Waals surface area contributed by atoms with Crippen molar-refractivity contribution in [1.29, 1.82) is 0 Å². The summed E-state index contributed by atoms with van der Waals surface area (Å²) >= 11 is 0. The Morgan fingerprint density at radius 3 is 2.35 bits per heavy atom. The SMILES string of the molecule is COC(=O)[C@H](CC(=O)O)NC(=O)NS(=O)(=O)Nc1ccccc1. The molecule has 11 heteroatoms. The fourth-order valence-electron chi connectivity index (χ4n) is 1.51. The zero-order valence-corrected chi connectivity index (χ0v) is 12.8. The Kier molecular flexibility index (Phi) is 6.33. The summed E-state index contributed by atoms with van der Waals surface area (Å²) in [7, 11) is -3.25. The highest BCUT2D eigenvalue weighted by molar-refractivity contribution is 7.91. The summed E-state index contributed by atoms with van der Waals surface area (Å²) < 4.78 is 31.5. The normalized spacial score (nSPS) is 11.9. The van der Waals surface area contributed by atoms with Crippen LogP contribution in [0.2, 0.25) is 0 Å². The number of nitrogens with one attached hydrogen (secondary N) is 3. The molecular weight excluding hydrogens is 330 g/mol. The van der Waals surface area contributed by atoms with E-state index in [0.29, 0.717) is 0 Å². The van der Waals surface area contributed by atoms with Crippen molar-refractivity contribution in [1.82, 2.24) is 10.0 Å². The van der Waals surface area contributed by atoms with Crippen LogP contribution in [0.3, 0.4) is 0 Å². The van der Waals surface area contributed by atoms with Gasteiger partial charge in [-0.2, -0.15) is 8.42 Å². The lowest BCUT2D eigenvalue weighted by atomic mass is 10.2. The number of methoxy groups -OCH3 is 1. The van der Waals surface area contributed by atoms with Crippen molar-refractivity contribution in [2.75, 3.05) is 11.8 Å². The highest BCUT2D eigenvalue weighted by atomic mass is 32.2. The third kappa shape index (κ3) is 6.65. The Morgan fingerprint density at radius 1 is 1.22 bits per heavy atom. The molecule has 126 valence electrons. The van der Waals surface area contributed by atoms with Crippen molar-refractivity contribution in [2.24, 2.45) is 0 Å². The van der Waals surface area contributed by atoms with Gasteiger partial charge in [-0.25, -0.2) is 14.3 Å². The quantitative estimate of drug-likeness (QED) is 0.493. The molecule has 0 aromatic heterocycles. The zero-order chi connectivity index (χ0) is 17.5. The van der Waals surface area contributed by atoms with Crippen LogP contribution in [0.15, 0.2) is 30.3 Å². The van der Waals surface area contributed by atoms with Gasteiger partial charge in [0.1, 0.15) is 6.04 Å². The molecule has 0 saturated heterocycles. The second-order valence-corrected chi connectivity index (χ2v) is 5.64. The van der Waals surface area contributed by atoms with Crippen LogP contribution in [0, 0.1) is 0 Å². The number of aliphatic carboxylic acids is 1. The van der Waals surface area contributed by atoms with Gasteiger partial charge in [0, 0.05) is 0 Å². The highest BCUT2D eigenvalue weighted by Crippen LogP contribution is 2.06. The van der Waals surface area contributed by atoms with Crippen LogP contribution in [-0.4, -0.2) is 44.6 Å². The van der Waals surface area contributed by atoms with Gasteiger partial charge in [-0.05, 0) is 12.1 Å². The van der Waals surface area contributed by atoms with Crippen LogP contribution in [0.4, 0.5) is 10.5 Å². The third-order valence-electron chi connectivity index (χ3n) is 2.42. The first-order valence-corrected chi connectivity index (χ1v) is 7.67. The van der Waals surface area contributed by atoms with Gasteiger partial charge in [0.15, 0.2) is 0 Å². The molecule has 0 bridgehead atoms. The Bertz CT molecular complexity index is 675. The first kappa shape index (κ1) is 18.2. The van der Waals surface area contributed by atoms with Gasteiger partial charge in [-0.3, -0.25) is 9.52 Å². The van der Waals surface area contributed by atoms with Gasteiger partial charge in [0.05, 0.1) is 19.2 Å². The van der Waals surface area contributed by atoms with Crippen LogP contribution < -0.4 is 14.8 Å². The number of para-hydroxylation sites is 1. The van der Waals surface area contributed by atoms with E-state index in [2.05, 4.69) is 9.46 Å². The summed E-state index contributed by atoms with van der Waals surface area (Å²) in [6.45, 7) is 0. The summed E-state index contributed by atoms with van der Waals surface area (Å²) in [5, 5.41) is 10.6. The van der Waals surface area contributed by atoms with Gasteiger partial charge in [-0.1, -0.05) is 18.2 Å². The molecule has 0 spiro atoms. The second kappa shape index (κ2) is 7.98. The lowest BCUT2D eigenvalue weighted by Gasteiger charge is -2.15. The summed E-state index contributed by atoms with van der Waals surface area (Å²) in [4.78, 5) is 33.6. The molecule has 2 amide bonds. The van der Waals surface area contributed by atoms with Crippen LogP contribution in [-0.2, 0) is 24.5 Å². The van der Waals surface area contributed by atoms with Gasteiger partial charge >= 0.3 is 28.2 Å². The monoisotopic (exact) mass is 345 g/mol. The smallest absolute Gasteiger partial charge is 0.330 e. The first-order valence-electron chi connectivity index (χ1n) is 6.19. The second-order valence-electron chi connectivity index (χ2n) is 4.22. The van der Waals surface area contributed by atoms with Crippen molar-refractivity contribution in [3.05, 3.63) is 30.3 Å². The van der Waals surface area contributed by atoms with Crippen molar-refractivity contribution in [2.45, 2.75) is 12.5 Å². The average molecular weight is 345 g/mol. The number of hydrogen-bond donors (Lipinski definition) is 4. The predicted octanol–water partition coefficient (Wildman–Crippen LogP) is -0.341. The van der Waals surface area contributed by atoms with E-state index < -0.39 is 40.6 Å². The van der Waals surface area contributed by atoms with Crippen LogP contribution in [0.25, 0.3) is 0 Å². The zero-order valence-electron chi connectivity index (χ0n) is 12.0. The maximum atomic E-state index is 11.7. The van der Waals surface area contributed by atoms with E-state index in [1.165, 1.54) is 12.1 Å². The maximum absolute atomic E-state index is 11.7. The number of rotatable bonds is 7. The molecule has 1 atom stereocenters. The number of anilines is 1. The number of benzene rings is 1. The minimum absolute atomic E-state index is 0.211.